The van der Waals surface area contributed by atoms with Crippen LogP contribution < -0.4 is 0 Å². The Morgan fingerprint density at radius 3 is 2.70 bits per heavy atom. The van der Waals surface area contributed by atoms with E-state index in [1.54, 1.807) is 6.26 Å². The minimum atomic E-state index is 0.247. The monoisotopic (exact) mass is 320 g/mol. The molecule has 3 heterocycles. The first-order chi connectivity index (χ1) is 11.3. The average Bonchev–Trinajstić information content (AvgIpc) is 3.16. The van der Waals surface area contributed by atoms with Gasteiger partial charge in [-0.25, -0.2) is 0 Å². The van der Waals surface area contributed by atoms with Gasteiger partial charge in [0, 0.05) is 26.2 Å². The van der Waals surface area contributed by atoms with Crippen molar-refractivity contribution < 1.29 is 13.9 Å². The molecule has 2 saturated heterocycles. The van der Waals surface area contributed by atoms with Crippen molar-refractivity contribution in [2.75, 3.05) is 32.8 Å². The molecule has 0 radical (unpaired) electrons. The van der Waals surface area contributed by atoms with Crippen LogP contribution in [-0.4, -0.2) is 54.6 Å². The standard InChI is InChI=1S/C18H28N2O3/c21-18(20-9-3-1-2-4-10-20)15-19(13-16-7-5-11-22-16)14-17-8-6-12-23-17/h5,7,11,17H,1-4,6,8-10,12-15H2. The van der Waals surface area contributed by atoms with Gasteiger partial charge in [0.15, 0.2) is 0 Å². The second kappa shape index (κ2) is 8.50. The summed E-state index contributed by atoms with van der Waals surface area (Å²) in [6.07, 6.45) is 8.92. The van der Waals surface area contributed by atoms with Crippen molar-refractivity contribution >= 4 is 5.91 Å². The van der Waals surface area contributed by atoms with Gasteiger partial charge in [-0.1, -0.05) is 12.8 Å². The smallest absolute Gasteiger partial charge is 0.236 e. The van der Waals surface area contributed by atoms with Gasteiger partial charge in [0.1, 0.15) is 5.76 Å². The maximum Gasteiger partial charge on any atom is 0.236 e. The molecule has 1 amide bonds. The lowest BCUT2D eigenvalue weighted by atomic mass is 10.2. The fraction of sp³-hybridized carbons (Fsp3) is 0.722. The zero-order valence-electron chi connectivity index (χ0n) is 13.9. The van der Waals surface area contributed by atoms with E-state index in [1.165, 1.54) is 12.8 Å². The Hall–Kier alpha value is -1.33. The molecule has 23 heavy (non-hydrogen) atoms. The van der Waals surface area contributed by atoms with Crippen LogP contribution in [0.5, 0.6) is 0 Å². The molecule has 0 aromatic carbocycles. The number of carbonyl (C=O) groups is 1. The highest BCUT2D eigenvalue weighted by Crippen LogP contribution is 2.16. The summed E-state index contributed by atoms with van der Waals surface area (Å²) in [7, 11) is 0. The Morgan fingerprint density at radius 2 is 2.04 bits per heavy atom. The molecule has 0 bridgehead atoms. The number of amides is 1. The van der Waals surface area contributed by atoms with Gasteiger partial charge in [0.05, 0.1) is 25.5 Å². The minimum Gasteiger partial charge on any atom is -0.468 e. The lowest BCUT2D eigenvalue weighted by Crippen LogP contribution is -2.42. The van der Waals surface area contributed by atoms with Gasteiger partial charge in [0.25, 0.3) is 0 Å². The second-order valence-corrected chi connectivity index (χ2v) is 6.68. The Bertz CT molecular complexity index is 461. The van der Waals surface area contributed by atoms with E-state index in [0.717, 1.165) is 57.7 Å². The van der Waals surface area contributed by atoms with Crippen molar-refractivity contribution in [1.82, 2.24) is 9.80 Å². The van der Waals surface area contributed by atoms with Crippen LogP contribution in [0.2, 0.25) is 0 Å². The molecule has 0 saturated carbocycles. The number of hydrogen-bond acceptors (Lipinski definition) is 4. The molecule has 5 nitrogen and oxygen atoms in total. The molecule has 0 spiro atoms. The summed E-state index contributed by atoms with van der Waals surface area (Å²) in [5.74, 6) is 1.16. The molecule has 1 aromatic rings. The van der Waals surface area contributed by atoms with Crippen LogP contribution in [0, 0.1) is 0 Å². The largest absolute Gasteiger partial charge is 0.468 e. The van der Waals surface area contributed by atoms with Gasteiger partial charge < -0.3 is 14.1 Å². The number of hydrogen-bond donors (Lipinski definition) is 0. The number of rotatable bonds is 6. The van der Waals surface area contributed by atoms with Crippen molar-refractivity contribution in [1.29, 1.82) is 0 Å². The first kappa shape index (κ1) is 16.5. The normalized spacial score (nSPS) is 22.5. The molecule has 3 rings (SSSR count). The highest BCUT2D eigenvalue weighted by Gasteiger charge is 2.24. The molecule has 1 aromatic heterocycles. The van der Waals surface area contributed by atoms with Gasteiger partial charge in [-0.15, -0.1) is 0 Å². The van der Waals surface area contributed by atoms with Gasteiger partial charge in [-0.2, -0.15) is 0 Å². The third-order valence-corrected chi connectivity index (χ3v) is 4.76. The summed E-state index contributed by atoms with van der Waals surface area (Å²) < 4.78 is 11.2. The van der Waals surface area contributed by atoms with E-state index in [1.807, 2.05) is 17.0 Å². The van der Waals surface area contributed by atoms with Gasteiger partial charge in [0.2, 0.25) is 5.91 Å². The number of carbonyl (C=O) groups excluding carboxylic acids is 1. The fourth-order valence-electron chi connectivity index (χ4n) is 3.50. The van der Waals surface area contributed by atoms with Crippen LogP contribution in [0.15, 0.2) is 22.8 Å². The number of likely N-dealkylation sites (tertiary alicyclic amines) is 1. The third kappa shape index (κ3) is 5.08. The molecule has 1 unspecified atom stereocenters. The quantitative estimate of drug-likeness (QED) is 0.808. The molecule has 0 aliphatic carbocycles. The fourth-order valence-corrected chi connectivity index (χ4v) is 3.50. The summed E-state index contributed by atoms with van der Waals surface area (Å²) in [6.45, 7) is 4.60. The SMILES string of the molecule is O=C(CN(Cc1ccco1)CC1CCCO1)N1CCCCCC1. The molecular formula is C18H28N2O3. The Balaban J connectivity index is 1.58. The second-order valence-electron chi connectivity index (χ2n) is 6.68. The van der Waals surface area contributed by atoms with Crippen molar-refractivity contribution in [2.24, 2.45) is 0 Å². The highest BCUT2D eigenvalue weighted by atomic mass is 16.5. The summed E-state index contributed by atoms with van der Waals surface area (Å²) in [5, 5.41) is 0. The lowest BCUT2D eigenvalue weighted by Gasteiger charge is -2.27. The molecule has 5 heteroatoms. The maximum atomic E-state index is 12.7. The molecule has 128 valence electrons. The Morgan fingerprint density at radius 1 is 1.22 bits per heavy atom. The van der Waals surface area contributed by atoms with E-state index >= 15 is 0 Å². The molecule has 2 fully saturated rings. The van der Waals surface area contributed by atoms with E-state index < -0.39 is 0 Å². The molecular weight excluding hydrogens is 292 g/mol. The predicted octanol–water partition coefficient (Wildman–Crippen LogP) is 2.66. The van der Waals surface area contributed by atoms with Gasteiger partial charge >= 0.3 is 0 Å². The van der Waals surface area contributed by atoms with Crippen molar-refractivity contribution in [3.63, 3.8) is 0 Å². The summed E-state index contributed by atoms with van der Waals surface area (Å²) >= 11 is 0. The van der Waals surface area contributed by atoms with E-state index in [-0.39, 0.29) is 12.0 Å². The van der Waals surface area contributed by atoms with Crippen LogP contribution in [0.3, 0.4) is 0 Å². The highest BCUT2D eigenvalue weighted by molar-refractivity contribution is 5.78. The van der Waals surface area contributed by atoms with Crippen molar-refractivity contribution in [2.45, 2.75) is 51.2 Å². The average molecular weight is 320 g/mol. The van der Waals surface area contributed by atoms with Crippen LogP contribution >= 0.6 is 0 Å². The zero-order valence-corrected chi connectivity index (χ0v) is 13.9. The number of nitrogens with zero attached hydrogens (tertiary/aromatic N) is 2. The third-order valence-electron chi connectivity index (χ3n) is 4.76. The summed E-state index contributed by atoms with van der Waals surface area (Å²) in [4.78, 5) is 16.9. The zero-order chi connectivity index (χ0) is 15.9. The van der Waals surface area contributed by atoms with Gasteiger partial charge in [-0.3, -0.25) is 9.69 Å². The van der Waals surface area contributed by atoms with E-state index in [4.69, 9.17) is 9.15 Å². The van der Waals surface area contributed by atoms with E-state index in [0.29, 0.717) is 13.1 Å². The molecule has 1 atom stereocenters. The predicted molar refractivity (Wildman–Crippen MR) is 88.0 cm³/mol. The van der Waals surface area contributed by atoms with Crippen molar-refractivity contribution in [3.8, 4) is 0 Å². The van der Waals surface area contributed by atoms with Crippen LogP contribution in [-0.2, 0) is 16.1 Å². The summed E-state index contributed by atoms with van der Waals surface area (Å²) in [6, 6.07) is 3.87. The number of ether oxygens (including phenoxy) is 1. The van der Waals surface area contributed by atoms with Crippen molar-refractivity contribution in [3.05, 3.63) is 24.2 Å². The van der Waals surface area contributed by atoms with Crippen LogP contribution in [0.1, 0.15) is 44.3 Å². The summed E-state index contributed by atoms with van der Waals surface area (Å²) in [5.41, 5.74) is 0. The Labute approximate surface area is 138 Å². The van der Waals surface area contributed by atoms with Crippen LogP contribution in [0.4, 0.5) is 0 Å². The topological polar surface area (TPSA) is 45.9 Å². The van der Waals surface area contributed by atoms with Gasteiger partial charge in [-0.05, 0) is 37.8 Å². The van der Waals surface area contributed by atoms with E-state index in [2.05, 4.69) is 4.90 Å². The minimum absolute atomic E-state index is 0.247. The Kier molecular flexibility index (Phi) is 6.11. The molecule has 2 aliphatic rings. The molecule has 0 N–H and O–H groups in total. The molecule has 2 aliphatic heterocycles. The first-order valence-electron chi connectivity index (χ1n) is 8.95. The maximum absolute atomic E-state index is 12.7. The lowest BCUT2D eigenvalue weighted by molar-refractivity contribution is -0.132. The van der Waals surface area contributed by atoms with Crippen LogP contribution in [0.25, 0.3) is 0 Å². The number of furan rings is 1. The van der Waals surface area contributed by atoms with E-state index in [9.17, 15) is 4.79 Å². The first-order valence-corrected chi connectivity index (χ1v) is 8.95.